The second-order valence-electron chi connectivity index (χ2n) is 6.70. The molecular weight excluding hydrogens is 392 g/mol. The molecule has 0 saturated heterocycles. The van der Waals surface area contributed by atoms with Crippen LogP contribution in [0.3, 0.4) is 0 Å². The lowest BCUT2D eigenvalue weighted by molar-refractivity contribution is -0.130. The van der Waals surface area contributed by atoms with Crippen LogP contribution in [-0.2, 0) is 21.4 Å². The Morgan fingerprint density at radius 3 is 2.34 bits per heavy atom. The molecule has 1 amide bonds. The molecule has 2 aromatic carbocycles. The lowest BCUT2D eigenvalue weighted by Crippen LogP contribution is -2.39. The third-order valence-electron chi connectivity index (χ3n) is 4.39. The van der Waals surface area contributed by atoms with Crippen LogP contribution in [0.5, 0.6) is 0 Å². The van der Waals surface area contributed by atoms with E-state index in [1.54, 1.807) is 19.2 Å². The van der Waals surface area contributed by atoms with Gasteiger partial charge >= 0.3 is 0 Å². The van der Waals surface area contributed by atoms with Crippen molar-refractivity contribution in [2.75, 3.05) is 20.6 Å². The molecule has 1 aromatic heterocycles. The molecule has 0 unspecified atom stereocenters. The fraction of sp³-hybridized carbons (Fsp3) is 0.250. The fourth-order valence-electron chi connectivity index (χ4n) is 2.60. The number of carbonyl (C=O) groups is 1. The Morgan fingerprint density at radius 2 is 1.69 bits per heavy atom. The molecule has 3 aromatic rings. The zero-order valence-corrected chi connectivity index (χ0v) is 17.3. The van der Waals surface area contributed by atoms with Crippen LogP contribution in [0.2, 0.25) is 0 Å². The number of benzene rings is 2. The molecule has 1 heterocycles. The van der Waals surface area contributed by atoms with Crippen molar-refractivity contribution in [3.05, 3.63) is 66.1 Å². The van der Waals surface area contributed by atoms with E-state index in [2.05, 4.69) is 10.1 Å². The van der Waals surface area contributed by atoms with Crippen molar-refractivity contribution in [1.82, 2.24) is 19.3 Å². The van der Waals surface area contributed by atoms with Gasteiger partial charge in [-0.25, -0.2) is 8.42 Å². The van der Waals surface area contributed by atoms with Gasteiger partial charge in [0.1, 0.15) is 0 Å². The molecule has 3 rings (SSSR count). The molecule has 8 nitrogen and oxygen atoms in total. The summed E-state index contributed by atoms with van der Waals surface area (Å²) in [6, 6.07) is 15.8. The van der Waals surface area contributed by atoms with E-state index in [0.717, 1.165) is 15.4 Å². The van der Waals surface area contributed by atoms with Crippen LogP contribution >= 0.6 is 0 Å². The summed E-state index contributed by atoms with van der Waals surface area (Å²) in [6.45, 7) is 1.66. The quantitative estimate of drug-likeness (QED) is 0.589. The van der Waals surface area contributed by atoms with Crippen LogP contribution < -0.4 is 0 Å². The summed E-state index contributed by atoms with van der Waals surface area (Å²) in [4.78, 5) is 18.3. The van der Waals surface area contributed by atoms with E-state index in [1.807, 2.05) is 37.3 Å². The van der Waals surface area contributed by atoms with E-state index >= 15 is 0 Å². The van der Waals surface area contributed by atoms with Crippen molar-refractivity contribution in [1.29, 1.82) is 0 Å². The van der Waals surface area contributed by atoms with Crippen molar-refractivity contribution in [3.63, 3.8) is 0 Å². The third-order valence-corrected chi connectivity index (χ3v) is 6.20. The highest BCUT2D eigenvalue weighted by Gasteiger charge is 2.25. The number of rotatable bonds is 7. The molecule has 0 fully saturated rings. The Kier molecular flexibility index (Phi) is 6.09. The first-order valence-corrected chi connectivity index (χ1v) is 10.4. The topological polar surface area (TPSA) is 96.6 Å². The summed E-state index contributed by atoms with van der Waals surface area (Å²) in [5.41, 5.74) is 1.76. The average molecular weight is 414 g/mol. The summed E-state index contributed by atoms with van der Waals surface area (Å²) in [5, 5.41) is 3.92. The second kappa shape index (κ2) is 8.54. The minimum absolute atomic E-state index is 0.0804. The maximum absolute atomic E-state index is 12.6. The van der Waals surface area contributed by atoms with Crippen molar-refractivity contribution < 1.29 is 17.7 Å². The first-order chi connectivity index (χ1) is 13.8. The van der Waals surface area contributed by atoms with Gasteiger partial charge in [0, 0.05) is 19.7 Å². The molecule has 0 saturated carbocycles. The summed E-state index contributed by atoms with van der Waals surface area (Å²) in [6.07, 6.45) is 0. The van der Waals surface area contributed by atoms with Gasteiger partial charge < -0.3 is 9.42 Å². The number of amides is 1. The normalized spacial score (nSPS) is 11.6. The SMILES string of the molecule is Cc1ccc(S(=O)(=O)N(C)CC(=O)N(C)Cc2nc(-c3ccccc3)no2)cc1. The lowest BCUT2D eigenvalue weighted by atomic mass is 10.2. The van der Waals surface area contributed by atoms with Gasteiger partial charge in [-0.3, -0.25) is 4.79 Å². The van der Waals surface area contributed by atoms with Gasteiger partial charge in [0.15, 0.2) is 0 Å². The summed E-state index contributed by atoms with van der Waals surface area (Å²) in [7, 11) is -0.822. The summed E-state index contributed by atoms with van der Waals surface area (Å²) < 4.78 is 31.5. The molecule has 0 aliphatic rings. The number of carbonyl (C=O) groups excluding carboxylic acids is 1. The molecule has 152 valence electrons. The molecule has 0 radical (unpaired) electrons. The predicted octanol–water partition coefficient (Wildman–Crippen LogP) is 2.32. The van der Waals surface area contributed by atoms with Crippen LogP contribution in [-0.4, -0.2) is 54.3 Å². The average Bonchev–Trinajstić information content (AvgIpc) is 3.17. The lowest BCUT2D eigenvalue weighted by Gasteiger charge is -2.20. The largest absolute Gasteiger partial charge is 0.337 e. The van der Waals surface area contributed by atoms with Gasteiger partial charge in [-0.2, -0.15) is 9.29 Å². The zero-order chi connectivity index (χ0) is 21.0. The van der Waals surface area contributed by atoms with Crippen molar-refractivity contribution in [2.45, 2.75) is 18.4 Å². The minimum atomic E-state index is -3.75. The number of hydrogen-bond acceptors (Lipinski definition) is 6. The van der Waals surface area contributed by atoms with Crippen LogP contribution in [0.15, 0.2) is 64.0 Å². The van der Waals surface area contributed by atoms with Crippen LogP contribution in [0, 0.1) is 6.92 Å². The minimum Gasteiger partial charge on any atom is -0.337 e. The van der Waals surface area contributed by atoms with E-state index in [4.69, 9.17) is 4.52 Å². The molecule has 0 aliphatic heterocycles. The molecule has 0 N–H and O–H groups in total. The Morgan fingerprint density at radius 1 is 1.03 bits per heavy atom. The van der Waals surface area contributed by atoms with E-state index < -0.39 is 10.0 Å². The Hall–Kier alpha value is -3.04. The summed E-state index contributed by atoms with van der Waals surface area (Å²) >= 11 is 0. The number of hydrogen-bond donors (Lipinski definition) is 0. The molecule has 0 atom stereocenters. The van der Waals surface area contributed by atoms with Crippen molar-refractivity contribution >= 4 is 15.9 Å². The molecule has 0 spiro atoms. The molecule has 0 bridgehead atoms. The molecule has 9 heteroatoms. The fourth-order valence-corrected chi connectivity index (χ4v) is 3.72. The molecule has 0 aliphatic carbocycles. The van der Waals surface area contributed by atoms with Crippen molar-refractivity contribution in [2.24, 2.45) is 0 Å². The molecule has 29 heavy (non-hydrogen) atoms. The monoisotopic (exact) mass is 414 g/mol. The van der Waals surface area contributed by atoms with E-state index in [0.29, 0.717) is 5.82 Å². The van der Waals surface area contributed by atoms with Gasteiger partial charge in [-0.15, -0.1) is 0 Å². The first kappa shape index (κ1) is 20.7. The van der Waals surface area contributed by atoms with Gasteiger partial charge in [-0.1, -0.05) is 53.2 Å². The van der Waals surface area contributed by atoms with E-state index in [9.17, 15) is 13.2 Å². The number of sulfonamides is 1. The standard InChI is InChI=1S/C20H22N4O4S/c1-15-9-11-17(12-10-15)29(26,27)24(3)14-19(25)23(2)13-18-21-20(22-28-18)16-7-5-4-6-8-16/h4-12H,13-14H2,1-3H3. The molecular formula is C20H22N4O4S. The van der Waals surface area contributed by atoms with Crippen LogP contribution in [0.25, 0.3) is 11.4 Å². The number of nitrogens with zero attached hydrogens (tertiary/aromatic N) is 4. The van der Waals surface area contributed by atoms with Gasteiger partial charge in [0.05, 0.1) is 18.0 Å². The van der Waals surface area contributed by atoms with E-state index in [1.165, 1.54) is 24.1 Å². The van der Waals surface area contributed by atoms with E-state index in [-0.39, 0.29) is 29.8 Å². The second-order valence-corrected chi connectivity index (χ2v) is 8.75. The Bertz CT molecular complexity index is 1080. The Balaban J connectivity index is 1.63. The van der Waals surface area contributed by atoms with Crippen molar-refractivity contribution in [3.8, 4) is 11.4 Å². The first-order valence-electron chi connectivity index (χ1n) is 8.92. The number of likely N-dealkylation sites (N-methyl/N-ethyl adjacent to an activating group) is 2. The van der Waals surface area contributed by atoms with Gasteiger partial charge in [-0.05, 0) is 19.1 Å². The van der Waals surface area contributed by atoms with Crippen LogP contribution in [0.1, 0.15) is 11.5 Å². The maximum atomic E-state index is 12.6. The van der Waals surface area contributed by atoms with Gasteiger partial charge in [0.25, 0.3) is 0 Å². The number of aryl methyl sites for hydroxylation is 1. The highest BCUT2D eigenvalue weighted by molar-refractivity contribution is 7.89. The maximum Gasteiger partial charge on any atom is 0.246 e. The number of aromatic nitrogens is 2. The predicted molar refractivity (Wildman–Crippen MR) is 107 cm³/mol. The summed E-state index contributed by atoms with van der Waals surface area (Å²) in [5.74, 6) is 0.312. The van der Waals surface area contributed by atoms with Gasteiger partial charge in [0.2, 0.25) is 27.6 Å². The van der Waals surface area contributed by atoms with Crippen LogP contribution in [0.4, 0.5) is 0 Å². The third kappa shape index (κ3) is 4.87. The highest BCUT2D eigenvalue weighted by atomic mass is 32.2. The Labute approximate surface area is 169 Å². The smallest absolute Gasteiger partial charge is 0.246 e. The zero-order valence-electron chi connectivity index (χ0n) is 16.4. The highest BCUT2D eigenvalue weighted by Crippen LogP contribution is 2.17.